The monoisotopic (exact) mass is 297 g/mol. The molecule has 2 N–H and O–H groups in total. The molecule has 2 rings (SSSR count). The van der Waals surface area contributed by atoms with Crippen molar-refractivity contribution in [1.29, 1.82) is 0 Å². The highest BCUT2D eigenvalue weighted by Gasteiger charge is 2.22. The summed E-state index contributed by atoms with van der Waals surface area (Å²) in [6.45, 7) is 1.64. The molecule has 0 aromatic heterocycles. The number of hydrogen-bond donors (Lipinski definition) is 1. The van der Waals surface area contributed by atoms with Gasteiger partial charge < -0.3 is 10.5 Å². The van der Waals surface area contributed by atoms with Gasteiger partial charge in [-0.2, -0.15) is 0 Å². The third kappa shape index (κ3) is 4.00. The molecule has 0 heterocycles. The van der Waals surface area contributed by atoms with Crippen molar-refractivity contribution in [2.45, 2.75) is 32.1 Å². The third-order valence-corrected chi connectivity index (χ3v) is 3.73. The molecule has 0 aliphatic heterocycles. The molecule has 0 bridgehead atoms. The normalized spacial score (nSPS) is 14.9. The summed E-state index contributed by atoms with van der Waals surface area (Å²) in [5.74, 6) is 1.83. The lowest BCUT2D eigenvalue weighted by atomic mass is 10.1. The molecule has 2 nitrogen and oxygen atoms in total. The highest BCUT2D eigenvalue weighted by molar-refractivity contribution is 9.10. The van der Waals surface area contributed by atoms with Crippen LogP contribution in [-0.4, -0.2) is 13.2 Å². The van der Waals surface area contributed by atoms with Crippen LogP contribution in [0.5, 0.6) is 5.75 Å². The van der Waals surface area contributed by atoms with Crippen LogP contribution in [0.2, 0.25) is 0 Å². The molecule has 17 heavy (non-hydrogen) atoms. The lowest BCUT2D eigenvalue weighted by Crippen LogP contribution is -2.04. The first kappa shape index (κ1) is 12.9. The molecular weight excluding hydrogens is 278 g/mol. The van der Waals surface area contributed by atoms with Gasteiger partial charge >= 0.3 is 0 Å². The van der Waals surface area contributed by atoms with Gasteiger partial charge in [0.05, 0.1) is 11.1 Å². The molecule has 0 atom stereocenters. The van der Waals surface area contributed by atoms with E-state index in [-0.39, 0.29) is 0 Å². The second-order valence-corrected chi connectivity index (χ2v) is 5.58. The van der Waals surface area contributed by atoms with E-state index in [0.717, 1.165) is 48.6 Å². The molecule has 3 heteroatoms. The lowest BCUT2D eigenvalue weighted by Gasteiger charge is -2.13. The summed E-state index contributed by atoms with van der Waals surface area (Å²) < 4.78 is 7.02. The van der Waals surface area contributed by atoms with Crippen molar-refractivity contribution in [3.63, 3.8) is 0 Å². The molecule has 94 valence electrons. The van der Waals surface area contributed by atoms with Gasteiger partial charge in [-0.05, 0) is 72.1 Å². The third-order valence-electron chi connectivity index (χ3n) is 3.11. The summed E-state index contributed by atoms with van der Waals surface area (Å²) in [5, 5.41) is 0. The molecule has 0 radical (unpaired) electrons. The highest BCUT2D eigenvalue weighted by atomic mass is 79.9. The Bertz CT molecular complexity index is 363. The highest BCUT2D eigenvalue weighted by Crippen LogP contribution is 2.34. The Hall–Kier alpha value is -0.540. The zero-order chi connectivity index (χ0) is 12.1. The fourth-order valence-corrected chi connectivity index (χ4v) is 2.38. The summed E-state index contributed by atoms with van der Waals surface area (Å²) in [5.41, 5.74) is 6.83. The van der Waals surface area contributed by atoms with Gasteiger partial charge in [0, 0.05) is 0 Å². The fraction of sp³-hybridized carbons (Fsp3) is 0.571. The van der Waals surface area contributed by atoms with E-state index in [1.54, 1.807) is 0 Å². The second kappa shape index (κ2) is 6.41. The second-order valence-electron chi connectivity index (χ2n) is 4.73. The van der Waals surface area contributed by atoms with Crippen molar-refractivity contribution in [2.75, 3.05) is 13.2 Å². The van der Waals surface area contributed by atoms with Gasteiger partial charge in [-0.3, -0.25) is 0 Å². The number of benzene rings is 1. The van der Waals surface area contributed by atoms with Gasteiger partial charge in [0.25, 0.3) is 0 Å². The Morgan fingerprint density at radius 1 is 1.29 bits per heavy atom. The summed E-state index contributed by atoms with van der Waals surface area (Å²) in [7, 11) is 0. The average molecular weight is 298 g/mol. The Balaban J connectivity index is 1.98. The SMILES string of the molecule is NCCCCc1cccc(Br)c1OCC1CC1. The molecule has 1 fully saturated rings. The number of ether oxygens (including phenoxy) is 1. The van der Waals surface area contributed by atoms with Crippen LogP contribution in [0, 0.1) is 5.92 Å². The molecule has 1 aliphatic rings. The molecule has 1 saturated carbocycles. The summed E-state index contributed by atoms with van der Waals surface area (Å²) >= 11 is 3.58. The van der Waals surface area contributed by atoms with Gasteiger partial charge in [0.15, 0.2) is 0 Å². The Morgan fingerprint density at radius 3 is 2.82 bits per heavy atom. The number of aryl methyl sites for hydroxylation is 1. The van der Waals surface area contributed by atoms with E-state index in [1.165, 1.54) is 18.4 Å². The van der Waals surface area contributed by atoms with Crippen molar-refractivity contribution in [3.05, 3.63) is 28.2 Å². The largest absolute Gasteiger partial charge is 0.492 e. The number of hydrogen-bond acceptors (Lipinski definition) is 2. The van der Waals surface area contributed by atoms with Crippen LogP contribution in [0.1, 0.15) is 31.2 Å². The smallest absolute Gasteiger partial charge is 0.136 e. The van der Waals surface area contributed by atoms with E-state index in [9.17, 15) is 0 Å². The number of rotatable bonds is 7. The van der Waals surface area contributed by atoms with Crippen LogP contribution in [0.3, 0.4) is 0 Å². The van der Waals surface area contributed by atoms with Crippen LogP contribution in [-0.2, 0) is 6.42 Å². The minimum atomic E-state index is 0.770. The average Bonchev–Trinajstić information content (AvgIpc) is 3.12. The van der Waals surface area contributed by atoms with Crippen molar-refractivity contribution in [2.24, 2.45) is 11.7 Å². The minimum Gasteiger partial charge on any atom is -0.492 e. The van der Waals surface area contributed by atoms with E-state index in [0.29, 0.717) is 0 Å². The van der Waals surface area contributed by atoms with E-state index in [1.807, 2.05) is 0 Å². The van der Waals surface area contributed by atoms with Crippen LogP contribution in [0.4, 0.5) is 0 Å². The standard InChI is InChI=1S/C14H20BrNO/c15-13-6-3-5-12(4-1-2-9-16)14(13)17-10-11-7-8-11/h3,5-6,11H,1-2,4,7-10,16H2. The first-order valence-electron chi connectivity index (χ1n) is 6.41. The minimum absolute atomic E-state index is 0.770. The quantitative estimate of drug-likeness (QED) is 0.782. The van der Waals surface area contributed by atoms with Crippen LogP contribution >= 0.6 is 15.9 Å². The molecule has 0 spiro atoms. The molecule has 0 saturated heterocycles. The van der Waals surface area contributed by atoms with Gasteiger partial charge in [-0.1, -0.05) is 12.1 Å². The Labute approximate surface area is 112 Å². The predicted octanol–water partition coefficient (Wildman–Crippen LogP) is 3.52. The Kier molecular flexibility index (Phi) is 4.86. The van der Waals surface area contributed by atoms with Gasteiger partial charge in [0.2, 0.25) is 0 Å². The summed E-state index contributed by atoms with van der Waals surface area (Å²) in [6.07, 6.45) is 5.91. The van der Waals surface area contributed by atoms with E-state index in [2.05, 4.69) is 34.1 Å². The molecule has 0 amide bonds. The van der Waals surface area contributed by atoms with Crippen molar-refractivity contribution >= 4 is 15.9 Å². The first-order chi connectivity index (χ1) is 8.31. The molecule has 1 aromatic rings. The van der Waals surface area contributed by atoms with E-state index in [4.69, 9.17) is 10.5 Å². The van der Waals surface area contributed by atoms with Crippen LogP contribution < -0.4 is 10.5 Å². The van der Waals surface area contributed by atoms with Crippen molar-refractivity contribution in [1.82, 2.24) is 0 Å². The van der Waals surface area contributed by atoms with Crippen LogP contribution in [0.15, 0.2) is 22.7 Å². The molecule has 1 aliphatic carbocycles. The topological polar surface area (TPSA) is 35.2 Å². The van der Waals surface area contributed by atoms with Crippen molar-refractivity contribution in [3.8, 4) is 5.75 Å². The van der Waals surface area contributed by atoms with Gasteiger partial charge in [-0.15, -0.1) is 0 Å². The Morgan fingerprint density at radius 2 is 2.12 bits per heavy atom. The van der Waals surface area contributed by atoms with Crippen LogP contribution in [0.25, 0.3) is 0 Å². The molecular formula is C14H20BrNO. The first-order valence-corrected chi connectivity index (χ1v) is 7.21. The maximum Gasteiger partial charge on any atom is 0.136 e. The number of para-hydroxylation sites is 1. The van der Waals surface area contributed by atoms with Gasteiger partial charge in [0.1, 0.15) is 5.75 Å². The van der Waals surface area contributed by atoms with E-state index < -0.39 is 0 Å². The zero-order valence-electron chi connectivity index (χ0n) is 10.1. The molecule has 1 aromatic carbocycles. The molecule has 0 unspecified atom stereocenters. The zero-order valence-corrected chi connectivity index (χ0v) is 11.7. The number of halogens is 1. The summed E-state index contributed by atoms with van der Waals surface area (Å²) in [4.78, 5) is 0. The van der Waals surface area contributed by atoms with Crippen molar-refractivity contribution < 1.29 is 4.74 Å². The maximum atomic E-state index is 5.94. The number of nitrogens with two attached hydrogens (primary N) is 1. The summed E-state index contributed by atoms with van der Waals surface area (Å²) in [6, 6.07) is 6.28. The lowest BCUT2D eigenvalue weighted by molar-refractivity contribution is 0.294. The van der Waals surface area contributed by atoms with Gasteiger partial charge in [-0.25, -0.2) is 0 Å². The number of unbranched alkanes of at least 4 members (excludes halogenated alkanes) is 1. The predicted molar refractivity (Wildman–Crippen MR) is 74.4 cm³/mol. The van der Waals surface area contributed by atoms with E-state index >= 15 is 0 Å². The fourth-order valence-electron chi connectivity index (χ4n) is 1.86. The maximum absolute atomic E-state index is 5.94.